The van der Waals surface area contributed by atoms with Crippen molar-refractivity contribution in [3.63, 3.8) is 0 Å². The summed E-state index contributed by atoms with van der Waals surface area (Å²) in [6, 6.07) is 0. The van der Waals surface area contributed by atoms with Gasteiger partial charge >= 0.3 is 0 Å². The molecule has 0 aromatic heterocycles. The monoisotopic (exact) mass is 289 g/mol. The number of hydrogen-bond acceptors (Lipinski definition) is 3. The van der Waals surface area contributed by atoms with Crippen molar-refractivity contribution in [3.05, 3.63) is 0 Å². The molecule has 2 aliphatic rings. The van der Waals surface area contributed by atoms with Gasteiger partial charge in [-0.1, -0.05) is 6.92 Å². The molecule has 2 aliphatic heterocycles. The molecule has 2 N–H and O–H groups in total. The number of nitrogens with zero attached hydrogens (tertiary/aromatic N) is 1. The summed E-state index contributed by atoms with van der Waals surface area (Å²) in [5.74, 6) is 1.33. The van der Waals surface area contributed by atoms with E-state index >= 15 is 0 Å². The van der Waals surface area contributed by atoms with Crippen LogP contribution in [0.15, 0.2) is 0 Å². The first kappa shape index (κ1) is 15.2. The van der Waals surface area contributed by atoms with Crippen LogP contribution in [0.1, 0.15) is 39.0 Å². The van der Waals surface area contributed by atoms with Gasteiger partial charge in [0.05, 0.1) is 0 Å². The van der Waals surface area contributed by atoms with Crippen molar-refractivity contribution in [3.8, 4) is 0 Å². The highest BCUT2D eigenvalue weighted by Gasteiger charge is 2.26. The van der Waals surface area contributed by atoms with Crippen LogP contribution in [0.3, 0.4) is 0 Å². The Kier molecular flexibility index (Phi) is 5.62. The number of nitrogens with one attached hydrogen (secondary N) is 2. The summed E-state index contributed by atoms with van der Waals surface area (Å²) < 4.78 is 28.6. The van der Waals surface area contributed by atoms with Crippen LogP contribution in [0, 0.1) is 11.8 Å². The van der Waals surface area contributed by atoms with Gasteiger partial charge in [-0.25, -0.2) is 4.72 Å². The lowest BCUT2D eigenvalue weighted by Gasteiger charge is -2.29. The standard InChI is InChI=1S/C13H27N3O2S/c1-12-5-10-16(11-6-12)19(17,18)15-9-4-13-2-7-14-8-3-13/h12-15H,2-11H2,1H3. The molecule has 0 aromatic rings. The lowest BCUT2D eigenvalue weighted by atomic mass is 9.95. The number of piperidine rings is 2. The fourth-order valence-electron chi connectivity index (χ4n) is 2.88. The maximum atomic E-state index is 12.1. The first-order valence-electron chi connectivity index (χ1n) is 7.53. The van der Waals surface area contributed by atoms with Gasteiger partial charge in [-0.3, -0.25) is 0 Å². The van der Waals surface area contributed by atoms with Crippen molar-refractivity contribution in [1.82, 2.24) is 14.3 Å². The third-order valence-corrected chi connectivity index (χ3v) is 5.99. The van der Waals surface area contributed by atoms with Gasteiger partial charge in [-0.05, 0) is 57.0 Å². The Morgan fingerprint density at radius 1 is 1.16 bits per heavy atom. The van der Waals surface area contributed by atoms with Crippen LogP contribution in [0.2, 0.25) is 0 Å². The smallest absolute Gasteiger partial charge is 0.279 e. The Hall–Kier alpha value is -0.170. The molecule has 0 spiro atoms. The zero-order valence-electron chi connectivity index (χ0n) is 11.9. The summed E-state index contributed by atoms with van der Waals surface area (Å²) >= 11 is 0. The summed E-state index contributed by atoms with van der Waals surface area (Å²) in [6.07, 6.45) is 5.27. The van der Waals surface area contributed by atoms with Crippen LogP contribution in [0.4, 0.5) is 0 Å². The highest BCUT2D eigenvalue weighted by atomic mass is 32.2. The molecule has 0 unspecified atom stereocenters. The van der Waals surface area contributed by atoms with Gasteiger partial charge in [0.1, 0.15) is 0 Å². The molecule has 112 valence electrons. The lowest BCUT2D eigenvalue weighted by molar-refractivity contribution is 0.284. The lowest BCUT2D eigenvalue weighted by Crippen LogP contribution is -2.45. The molecule has 0 atom stereocenters. The van der Waals surface area contributed by atoms with Crippen LogP contribution in [0.5, 0.6) is 0 Å². The molecule has 0 amide bonds. The average molecular weight is 289 g/mol. The third-order valence-electron chi connectivity index (χ3n) is 4.38. The highest BCUT2D eigenvalue weighted by Crippen LogP contribution is 2.18. The van der Waals surface area contributed by atoms with E-state index in [-0.39, 0.29) is 0 Å². The second kappa shape index (κ2) is 7.02. The molecular formula is C13H27N3O2S. The summed E-state index contributed by atoms with van der Waals surface area (Å²) in [5, 5.41) is 3.33. The molecule has 2 saturated heterocycles. The SMILES string of the molecule is CC1CCN(S(=O)(=O)NCCC2CCNCC2)CC1. The fraction of sp³-hybridized carbons (Fsp3) is 1.00. The van der Waals surface area contributed by atoms with Gasteiger partial charge in [0, 0.05) is 19.6 Å². The van der Waals surface area contributed by atoms with E-state index in [0.29, 0.717) is 31.5 Å². The zero-order valence-corrected chi connectivity index (χ0v) is 12.7. The minimum absolute atomic E-state index is 0.582. The van der Waals surface area contributed by atoms with Crippen molar-refractivity contribution in [1.29, 1.82) is 0 Å². The number of rotatable bonds is 5. The summed E-state index contributed by atoms with van der Waals surface area (Å²) in [7, 11) is -3.24. The van der Waals surface area contributed by atoms with Crippen LogP contribution in [-0.4, -0.2) is 45.4 Å². The first-order chi connectivity index (χ1) is 9.08. The van der Waals surface area contributed by atoms with Crippen molar-refractivity contribution in [2.75, 3.05) is 32.7 Å². The normalized spacial score (nSPS) is 24.7. The summed E-state index contributed by atoms with van der Waals surface area (Å²) in [5.41, 5.74) is 0. The van der Waals surface area contributed by atoms with Crippen LogP contribution in [0.25, 0.3) is 0 Å². The molecule has 2 rings (SSSR count). The second-order valence-corrected chi connectivity index (χ2v) is 7.72. The van der Waals surface area contributed by atoms with Crippen LogP contribution >= 0.6 is 0 Å². The molecule has 2 heterocycles. The van der Waals surface area contributed by atoms with Gasteiger partial charge in [0.15, 0.2) is 0 Å². The quantitative estimate of drug-likeness (QED) is 0.792. The van der Waals surface area contributed by atoms with Gasteiger partial charge in [0.25, 0.3) is 10.2 Å². The van der Waals surface area contributed by atoms with Crippen LogP contribution in [-0.2, 0) is 10.2 Å². The Balaban J connectivity index is 1.71. The van der Waals surface area contributed by atoms with Gasteiger partial charge in [-0.15, -0.1) is 0 Å². The average Bonchev–Trinajstić information content (AvgIpc) is 2.40. The van der Waals surface area contributed by atoms with Crippen LogP contribution < -0.4 is 10.0 Å². The summed E-state index contributed by atoms with van der Waals surface area (Å²) in [4.78, 5) is 0. The molecule has 19 heavy (non-hydrogen) atoms. The first-order valence-corrected chi connectivity index (χ1v) is 8.97. The molecule has 0 radical (unpaired) electrons. The van der Waals surface area contributed by atoms with E-state index in [1.54, 1.807) is 4.31 Å². The van der Waals surface area contributed by atoms with E-state index in [2.05, 4.69) is 17.0 Å². The van der Waals surface area contributed by atoms with Crippen molar-refractivity contribution < 1.29 is 8.42 Å². The van der Waals surface area contributed by atoms with Crippen molar-refractivity contribution in [2.24, 2.45) is 11.8 Å². The Morgan fingerprint density at radius 3 is 2.42 bits per heavy atom. The Bertz CT molecular complexity index is 358. The maximum absolute atomic E-state index is 12.1. The molecule has 0 saturated carbocycles. The molecule has 5 nitrogen and oxygen atoms in total. The number of hydrogen-bond donors (Lipinski definition) is 2. The molecule has 0 aromatic carbocycles. The van der Waals surface area contributed by atoms with E-state index in [9.17, 15) is 8.42 Å². The molecule has 0 aliphatic carbocycles. The van der Waals surface area contributed by atoms with E-state index in [0.717, 1.165) is 32.4 Å². The summed E-state index contributed by atoms with van der Waals surface area (Å²) in [6.45, 7) is 6.25. The van der Waals surface area contributed by atoms with Crippen molar-refractivity contribution >= 4 is 10.2 Å². The molecule has 6 heteroatoms. The van der Waals surface area contributed by atoms with Gasteiger partial charge in [-0.2, -0.15) is 12.7 Å². The zero-order chi connectivity index (χ0) is 13.7. The Morgan fingerprint density at radius 2 is 1.79 bits per heavy atom. The Labute approximate surface area is 117 Å². The van der Waals surface area contributed by atoms with E-state index < -0.39 is 10.2 Å². The third kappa shape index (κ3) is 4.70. The van der Waals surface area contributed by atoms with E-state index in [1.807, 2.05) is 0 Å². The molecule has 2 fully saturated rings. The maximum Gasteiger partial charge on any atom is 0.279 e. The molecule has 0 bridgehead atoms. The largest absolute Gasteiger partial charge is 0.317 e. The van der Waals surface area contributed by atoms with Crippen molar-refractivity contribution in [2.45, 2.75) is 39.0 Å². The van der Waals surface area contributed by atoms with E-state index in [4.69, 9.17) is 0 Å². The topological polar surface area (TPSA) is 61.4 Å². The van der Waals surface area contributed by atoms with E-state index in [1.165, 1.54) is 12.8 Å². The predicted octanol–water partition coefficient (Wildman–Crippen LogP) is 0.942. The minimum atomic E-state index is -3.24. The fourth-order valence-corrected chi connectivity index (χ4v) is 4.13. The van der Waals surface area contributed by atoms with Gasteiger partial charge in [0.2, 0.25) is 0 Å². The minimum Gasteiger partial charge on any atom is -0.317 e. The molecular weight excluding hydrogens is 262 g/mol. The second-order valence-electron chi connectivity index (χ2n) is 5.96. The van der Waals surface area contributed by atoms with Gasteiger partial charge < -0.3 is 5.32 Å². The predicted molar refractivity (Wildman–Crippen MR) is 77.1 cm³/mol. The highest BCUT2D eigenvalue weighted by molar-refractivity contribution is 7.87.